The molecule has 0 unspecified atom stereocenters. The minimum absolute atomic E-state index is 0.0260. The van der Waals surface area contributed by atoms with E-state index in [0.29, 0.717) is 11.5 Å². The van der Waals surface area contributed by atoms with Crippen molar-refractivity contribution in [1.82, 2.24) is 0 Å². The topological polar surface area (TPSA) is 104 Å². The normalized spacial score (nSPS) is 10.4. The lowest BCUT2D eigenvalue weighted by atomic mass is 10.2. The molecule has 1 aromatic heterocycles. The third-order valence-electron chi connectivity index (χ3n) is 3.72. The Morgan fingerprint density at radius 1 is 1.18 bits per heavy atom. The van der Waals surface area contributed by atoms with Crippen molar-refractivity contribution in [3.05, 3.63) is 82.0 Å². The zero-order valence-corrected chi connectivity index (χ0v) is 14.7. The Hall–Kier alpha value is -3.88. The summed E-state index contributed by atoms with van der Waals surface area (Å²) in [5.74, 6) is 0.0998. The number of halogens is 1. The molecule has 1 N–H and O–H groups in total. The highest BCUT2D eigenvalue weighted by Crippen LogP contribution is 2.29. The smallest absolute Gasteiger partial charge is 0.291 e. The third-order valence-corrected chi connectivity index (χ3v) is 3.72. The number of ether oxygens (including phenoxy) is 2. The Balaban J connectivity index is 1.65. The van der Waals surface area contributed by atoms with E-state index >= 15 is 0 Å². The van der Waals surface area contributed by atoms with Gasteiger partial charge in [0.25, 0.3) is 11.6 Å². The van der Waals surface area contributed by atoms with E-state index in [1.165, 1.54) is 55.6 Å². The van der Waals surface area contributed by atoms with Gasteiger partial charge >= 0.3 is 0 Å². The summed E-state index contributed by atoms with van der Waals surface area (Å²) in [6, 6.07) is 12.4. The average molecular weight is 386 g/mol. The van der Waals surface area contributed by atoms with Gasteiger partial charge in [-0.2, -0.15) is 0 Å². The highest BCUT2D eigenvalue weighted by atomic mass is 19.1. The third kappa shape index (κ3) is 4.44. The number of hydrogen-bond acceptors (Lipinski definition) is 6. The number of anilines is 1. The molecular weight excluding hydrogens is 371 g/mol. The van der Waals surface area contributed by atoms with Crippen molar-refractivity contribution in [2.24, 2.45) is 0 Å². The Morgan fingerprint density at radius 3 is 2.61 bits per heavy atom. The lowest BCUT2D eigenvalue weighted by molar-refractivity contribution is -0.384. The molecule has 2 aromatic carbocycles. The number of nitro groups is 1. The second-order valence-electron chi connectivity index (χ2n) is 5.60. The molecule has 0 saturated heterocycles. The van der Waals surface area contributed by atoms with E-state index < -0.39 is 10.8 Å². The highest BCUT2D eigenvalue weighted by molar-refractivity contribution is 6.03. The monoisotopic (exact) mass is 386 g/mol. The summed E-state index contributed by atoms with van der Waals surface area (Å²) in [6.45, 7) is 0.0553. The second kappa shape index (κ2) is 8.21. The van der Waals surface area contributed by atoms with E-state index in [2.05, 4.69) is 5.32 Å². The van der Waals surface area contributed by atoms with Crippen molar-refractivity contribution in [2.45, 2.75) is 6.61 Å². The first-order chi connectivity index (χ1) is 13.5. The predicted octanol–water partition coefficient (Wildman–Crippen LogP) is 4.17. The molecule has 0 aliphatic rings. The molecule has 0 atom stereocenters. The van der Waals surface area contributed by atoms with Gasteiger partial charge in [-0.1, -0.05) is 0 Å². The van der Waals surface area contributed by atoms with Crippen LogP contribution in [0, 0.1) is 15.9 Å². The summed E-state index contributed by atoms with van der Waals surface area (Å²) < 4.78 is 28.8. The van der Waals surface area contributed by atoms with Crippen LogP contribution in [0.15, 0.2) is 59.0 Å². The molecule has 0 aliphatic heterocycles. The SMILES string of the molecule is COc1cc([N+](=O)[O-])ccc1NC(=O)c1ccc(COc2ccc(F)cc2)o1. The van der Waals surface area contributed by atoms with Crippen LogP contribution in [0.2, 0.25) is 0 Å². The molecule has 0 spiro atoms. The summed E-state index contributed by atoms with van der Waals surface area (Å²) in [4.78, 5) is 22.6. The van der Waals surface area contributed by atoms with Crippen LogP contribution in [-0.2, 0) is 6.61 Å². The molecule has 0 bridgehead atoms. The molecule has 0 saturated carbocycles. The molecule has 8 nitrogen and oxygen atoms in total. The largest absolute Gasteiger partial charge is 0.494 e. The van der Waals surface area contributed by atoms with Crippen LogP contribution in [0.1, 0.15) is 16.3 Å². The molecule has 9 heteroatoms. The summed E-state index contributed by atoms with van der Waals surface area (Å²) >= 11 is 0. The lowest BCUT2D eigenvalue weighted by Crippen LogP contribution is -2.12. The van der Waals surface area contributed by atoms with Crippen LogP contribution in [0.5, 0.6) is 11.5 Å². The Labute approximate surface area is 158 Å². The van der Waals surface area contributed by atoms with Crippen molar-refractivity contribution < 1.29 is 28.0 Å². The number of hydrogen-bond donors (Lipinski definition) is 1. The van der Waals surface area contributed by atoms with Gasteiger partial charge in [-0.3, -0.25) is 14.9 Å². The standard InChI is InChI=1S/C19H15FN2O6/c1-26-18-10-13(22(24)25)4-8-16(18)21-19(23)17-9-7-15(28-17)11-27-14-5-2-12(20)3-6-14/h2-10H,11H2,1H3,(H,21,23). The maximum Gasteiger partial charge on any atom is 0.291 e. The van der Waals surface area contributed by atoms with E-state index in [0.717, 1.165) is 0 Å². The first-order valence-electron chi connectivity index (χ1n) is 8.07. The zero-order chi connectivity index (χ0) is 20.1. The summed E-state index contributed by atoms with van der Waals surface area (Å²) in [7, 11) is 1.34. The number of methoxy groups -OCH3 is 1. The minimum atomic E-state index is -0.561. The quantitative estimate of drug-likeness (QED) is 0.483. The fraction of sp³-hybridized carbons (Fsp3) is 0.105. The minimum Gasteiger partial charge on any atom is -0.494 e. The molecule has 3 aromatic rings. The molecule has 0 radical (unpaired) electrons. The van der Waals surface area contributed by atoms with Gasteiger partial charge in [0, 0.05) is 6.07 Å². The van der Waals surface area contributed by atoms with Gasteiger partial charge in [0.2, 0.25) is 0 Å². The van der Waals surface area contributed by atoms with Gasteiger partial charge in [-0.05, 0) is 42.5 Å². The lowest BCUT2D eigenvalue weighted by Gasteiger charge is -2.09. The number of rotatable bonds is 7. The number of nitrogens with zero attached hydrogens (tertiary/aromatic N) is 1. The first kappa shape index (κ1) is 18.9. The molecular formula is C19H15FN2O6. The van der Waals surface area contributed by atoms with E-state index in [1.54, 1.807) is 6.07 Å². The fourth-order valence-electron chi connectivity index (χ4n) is 2.34. The zero-order valence-electron chi connectivity index (χ0n) is 14.7. The van der Waals surface area contributed by atoms with Crippen LogP contribution in [0.4, 0.5) is 15.8 Å². The van der Waals surface area contributed by atoms with Crippen molar-refractivity contribution in [1.29, 1.82) is 0 Å². The molecule has 3 rings (SSSR count). The number of amides is 1. The fourth-order valence-corrected chi connectivity index (χ4v) is 2.34. The number of nitro benzene ring substituents is 1. The Kier molecular flexibility index (Phi) is 5.54. The van der Waals surface area contributed by atoms with Crippen molar-refractivity contribution in [3.8, 4) is 11.5 Å². The molecule has 0 fully saturated rings. The van der Waals surface area contributed by atoms with E-state index in [-0.39, 0.29) is 35.3 Å². The van der Waals surface area contributed by atoms with Crippen LogP contribution in [-0.4, -0.2) is 17.9 Å². The number of nitrogens with one attached hydrogen (secondary N) is 1. The van der Waals surface area contributed by atoms with Crippen LogP contribution < -0.4 is 14.8 Å². The molecule has 1 amide bonds. The highest BCUT2D eigenvalue weighted by Gasteiger charge is 2.16. The van der Waals surface area contributed by atoms with Gasteiger partial charge in [-0.15, -0.1) is 0 Å². The van der Waals surface area contributed by atoms with Gasteiger partial charge in [0.15, 0.2) is 5.76 Å². The number of non-ortho nitro benzene ring substituents is 1. The van der Waals surface area contributed by atoms with Crippen molar-refractivity contribution in [2.75, 3.05) is 12.4 Å². The molecule has 144 valence electrons. The van der Waals surface area contributed by atoms with E-state index in [1.807, 2.05) is 0 Å². The maximum absolute atomic E-state index is 12.9. The number of carbonyl (C=O) groups is 1. The predicted molar refractivity (Wildman–Crippen MR) is 97.0 cm³/mol. The summed E-state index contributed by atoms with van der Waals surface area (Å²) in [6.07, 6.45) is 0. The first-order valence-corrected chi connectivity index (χ1v) is 8.07. The van der Waals surface area contributed by atoms with Gasteiger partial charge in [-0.25, -0.2) is 4.39 Å². The summed E-state index contributed by atoms with van der Waals surface area (Å²) in [5.41, 5.74) is 0.103. The van der Waals surface area contributed by atoms with Crippen LogP contribution in [0.3, 0.4) is 0 Å². The second-order valence-corrected chi connectivity index (χ2v) is 5.60. The average Bonchev–Trinajstić information content (AvgIpc) is 3.17. The van der Waals surface area contributed by atoms with E-state index in [9.17, 15) is 19.3 Å². The number of carbonyl (C=O) groups excluding carboxylic acids is 1. The van der Waals surface area contributed by atoms with Crippen molar-refractivity contribution in [3.63, 3.8) is 0 Å². The van der Waals surface area contributed by atoms with E-state index in [4.69, 9.17) is 13.9 Å². The number of furan rings is 1. The van der Waals surface area contributed by atoms with Gasteiger partial charge in [0.1, 0.15) is 29.7 Å². The van der Waals surface area contributed by atoms with Gasteiger partial charge < -0.3 is 19.2 Å². The Morgan fingerprint density at radius 2 is 1.93 bits per heavy atom. The Bertz CT molecular complexity index is 1000. The van der Waals surface area contributed by atoms with Gasteiger partial charge in [0.05, 0.1) is 23.8 Å². The number of benzene rings is 2. The van der Waals surface area contributed by atoms with Crippen LogP contribution >= 0.6 is 0 Å². The molecule has 0 aliphatic carbocycles. The van der Waals surface area contributed by atoms with Crippen LogP contribution in [0.25, 0.3) is 0 Å². The molecule has 28 heavy (non-hydrogen) atoms. The maximum atomic E-state index is 12.9. The molecule has 1 heterocycles. The summed E-state index contributed by atoms with van der Waals surface area (Å²) in [5, 5.41) is 13.4. The van der Waals surface area contributed by atoms with Crippen molar-refractivity contribution >= 4 is 17.3 Å².